The van der Waals surface area contributed by atoms with Gasteiger partial charge in [-0.2, -0.15) is 0 Å². The van der Waals surface area contributed by atoms with Crippen LogP contribution in [0.1, 0.15) is 40.3 Å². The van der Waals surface area contributed by atoms with Crippen molar-refractivity contribution in [1.82, 2.24) is 0 Å². The van der Waals surface area contributed by atoms with Crippen molar-refractivity contribution in [3.63, 3.8) is 0 Å². The Morgan fingerprint density at radius 3 is 1.60 bits per heavy atom. The Labute approximate surface area is 265 Å². The number of anilines is 3. The first-order valence-corrected chi connectivity index (χ1v) is 15.4. The largest absolute Gasteiger partial charge is 0.310 e. The van der Waals surface area contributed by atoms with Gasteiger partial charge >= 0.3 is 0 Å². The highest BCUT2D eigenvalue weighted by Crippen LogP contribution is 2.63. The second-order valence-corrected chi connectivity index (χ2v) is 11.6. The van der Waals surface area contributed by atoms with E-state index in [2.05, 4.69) is 164 Å². The van der Waals surface area contributed by atoms with Gasteiger partial charge in [-0.3, -0.25) is 0 Å². The maximum absolute atomic E-state index is 5.46. The molecular weight excluding hydrogens is 544 g/mol. The molecule has 0 radical (unpaired) electrons. The van der Waals surface area contributed by atoms with E-state index in [0.717, 1.165) is 28.2 Å². The van der Waals surface area contributed by atoms with Gasteiger partial charge < -0.3 is 4.90 Å². The molecule has 0 bridgehead atoms. The van der Waals surface area contributed by atoms with E-state index in [9.17, 15) is 0 Å². The van der Waals surface area contributed by atoms with Crippen molar-refractivity contribution in [2.24, 2.45) is 4.99 Å². The second kappa shape index (κ2) is 10.8. The van der Waals surface area contributed by atoms with Crippen molar-refractivity contribution in [3.05, 3.63) is 209 Å². The van der Waals surface area contributed by atoms with Crippen LogP contribution in [0.4, 0.5) is 17.1 Å². The number of fused-ring (bicyclic) bond motifs is 6. The average molecular weight is 577 g/mol. The normalized spacial score (nSPS) is 14.6. The van der Waals surface area contributed by atoms with Crippen LogP contribution in [0.3, 0.4) is 0 Å². The number of nitrogens with zero attached hydrogens (tertiary/aromatic N) is 2. The Kier molecular flexibility index (Phi) is 6.43. The van der Waals surface area contributed by atoms with E-state index in [4.69, 9.17) is 4.99 Å². The maximum Gasteiger partial charge on any atom is 0.0772 e. The molecule has 0 amide bonds. The molecule has 0 unspecified atom stereocenters. The van der Waals surface area contributed by atoms with Crippen molar-refractivity contribution >= 4 is 34.0 Å². The van der Waals surface area contributed by atoms with Crippen LogP contribution in [-0.4, -0.2) is 5.71 Å². The Morgan fingerprint density at radius 1 is 0.533 bits per heavy atom. The van der Waals surface area contributed by atoms with Gasteiger partial charge in [0.05, 0.1) is 28.2 Å². The first-order chi connectivity index (χ1) is 22.2. The molecule has 8 rings (SSSR count). The van der Waals surface area contributed by atoms with Gasteiger partial charge in [-0.1, -0.05) is 146 Å². The Morgan fingerprint density at radius 2 is 1.00 bits per heavy atom. The summed E-state index contributed by atoms with van der Waals surface area (Å²) in [5.74, 6) is 0. The number of rotatable bonds is 5. The van der Waals surface area contributed by atoms with Crippen LogP contribution >= 0.6 is 0 Å². The lowest BCUT2D eigenvalue weighted by atomic mass is 9.62. The third-order valence-electron chi connectivity index (χ3n) is 9.24. The van der Waals surface area contributed by atoms with E-state index >= 15 is 0 Å². The van der Waals surface area contributed by atoms with Crippen molar-refractivity contribution in [2.75, 3.05) is 4.90 Å². The molecule has 0 N–H and O–H groups in total. The van der Waals surface area contributed by atoms with Gasteiger partial charge in [0.2, 0.25) is 0 Å². The fraction of sp³-hybridized carbons (Fsp3) is 0.0465. The molecule has 2 nitrogen and oxygen atoms in total. The third kappa shape index (κ3) is 4.07. The maximum atomic E-state index is 5.46. The molecule has 0 saturated heterocycles. The first-order valence-electron chi connectivity index (χ1n) is 15.4. The number of allylic oxidation sites excluding steroid dienone is 2. The first kappa shape index (κ1) is 26.9. The van der Waals surface area contributed by atoms with Crippen molar-refractivity contribution in [1.29, 1.82) is 0 Å². The molecule has 6 aromatic carbocycles. The number of para-hydroxylation sites is 3. The van der Waals surface area contributed by atoms with E-state index in [1.54, 1.807) is 0 Å². The predicted molar refractivity (Wildman–Crippen MR) is 188 cm³/mol. The summed E-state index contributed by atoms with van der Waals surface area (Å²) in [6.45, 7) is 6.76. The molecule has 1 spiro atoms. The summed E-state index contributed by atoms with van der Waals surface area (Å²) in [5, 5.41) is 0. The van der Waals surface area contributed by atoms with Gasteiger partial charge in [-0.05, 0) is 64.6 Å². The zero-order valence-corrected chi connectivity index (χ0v) is 25.2. The SMILES string of the molecule is C=C(N=C(C1=C(C)c2ccccc2C12c1ccccc1N(c1ccccc1)c1ccccc12)c1ccccc1)c1ccccc1. The molecule has 1 aliphatic carbocycles. The summed E-state index contributed by atoms with van der Waals surface area (Å²) in [5.41, 5.74) is 14.0. The summed E-state index contributed by atoms with van der Waals surface area (Å²) in [7, 11) is 0. The highest BCUT2D eigenvalue weighted by atomic mass is 15.2. The Hall–Kier alpha value is -5.73. The predicted octanol–water partition coefficient (Wildman–Crippen LogP) is 10.8. The molecule has 0 atom stereocenters. The second-order valence-electron chi connectivity index (χ2n) is 11.6. The highest BCUT2D eigenvalue weighted by molar-refractivity contribution is 6.23. The lowest BCUT2D eigenvalue weighted by Gasteiger charge is -2.46. The molecule has 0 fully saturated rings. The lowest BCUT2D eigenvalue weighted by molar-refractivity contribution is 0.754. The minimum absolute atomic E-state index is 0.606. The van der Waals surface area contributed by atoms with Gasteiger partial charge in [0.15, 0.2) is 0 Å². The van der Waals surface area contributed by atoms with Gasteiger partial charge in [0.25, 0.3) is 0 Å². The average Bonchev–Trinajstić information content (AvgIpc) is 3.37. The van der Waals surface area contributed by atoms with E-state index in [1.165, 1.54) is 44.8 Å². The number of hydrogen-bond acceptors (Lipinski definition) is 2. The molecule has 1 aliphatic heterocycles. The van der Waals surface area contributed by atoms with Crippen LogP contribution in [0.15, 0.2) is 181 Å². The van der Waals surface area contributed by atoms with Gasteiger partial charge in [0, 0.05) is 16.8 Å². The zero-order valence-electron chi connectivity index (χ0n) is 25.2. The van der Waals surface area contributed by atoms with E-state index in [-0.39, 0.29) is 0 Å². The van der Waals surface area contributed by atoms with Crippen LogP contribution in [0.25, 0.3) is 11.3 Å². The quantitative estimate of drug-likeness (QED) is 0.186. The molecule has 0 saturated carbocycles. The summed E-state index contributed by atoms with van der Waals surface area (Å²) in [6.07, 6.45) is 0. The smallest absolute Gasteiger partial charge is 0.0772 e. The van der Waals surface area contributed by atoms with E-state index in [1.807, 2.05) is 18.2 Å². The van der Waals surface area contributed by atoms with E-state index in [0.29, 0.717) is 0 Å². The minimum Gasteiger partial charge on any atom is -0.310 e. The number of hydrogen-bond donors (Lipinski definition) is 0. The van der Waals surface area contributed by atoms with Gasteiger partial charge in [-0.15, -0.1) is 0 Å². The van der Waals surface area contributed by atoms with Crippen LogP contribution in [0.5, 0.6) is 0 Å². The Bertz CT molecular complexity index is 2070. The fourth-order valence-corrected chi connectivity index (χ4v) is 7.39. The topological polar surface area (TPSA) is 15.6 Å². The molecule has 214 valence electrons. The summed E-state index contributed by atoms with van der Waals surface area (Å²) in [6, 6.07) is 58.3. The Balaban J connectivity index is 1.50. The summed E-state index contributed by atoms with van der Waals surface area (Å²) < 4.78 is 0. The van der Waals surface area contributed by atoms with E-state index < -0.39 is 5.41 Å². The summed E-state index contributed by atoms with van der Waals surface area (Å²) in [4.78, 5) is 7.86. The molecule has 6 aromatic rings. The van der Waals surface area contributed by atoms with Crippen LogP contribution in [0, 0.1) is 0 Å². The third-order valence-corrected chi connectivity index (χ3v) is 9.24. The standard InChI is InChI=1S/C43H32N2/c1-30-35-24-12-13-25-36(35)43(41(30)42(33-20-8-4-9-21-33)44-31(2)32-18-6-3-7-19-32)37-26-14-16-28-39(37)45(34-22-10-5-11-23-34)40-29-17-15-27-38(40)43/h3-29H,2H2,1H3. The molecule has 45 heavy (non-hydrogen) atoms. The van der Waals surface area contributed by atoms with Crippen molar-refractivity contribution in [3.8, 4) is 0 Å². The van der Waals surface area contributed by atoms with Gasteiger partial charge in [0.1, 0.15) is 0 Å². The molecule has 2 aliphatic rings. The van der Waals surface area contributed by atoms with Crippen LogP contribution in [-0.2, 0) is 5.41 Å². The van der Waals surface area contributed by atoms with Crippen LogP contribution < -0.4 is 4.90 Å². The number of aliphatic imine (C=N–C) groups is 1. The van der Waals surface area contributed by atoms with Crippen LogP contribution in [0.2, 0.25) is 0 Å². The zero-order chi connectivity index (χ0) is 30.4. The molecule has 1 heterocycles. The fourth-order valence-electron chi connectivity index (χ4n) is 7.39. The van der Waals surface area contributed by atoms with Crippen molar-refractivity contribution in [2.45, 2.75) is 12.3 Å². The molecule has 0 aromatic heterocycles. The molecular formula is C43H32N2. The lowest BCUT2D eigenvalue weighted by Crippen LogP contribution is -2.39. The monoisotopic (exact) mass is 576 g/mol. The van der Waals surface area contributed by atoms with Gasteiger partial charge in [-0.25, -0.2) is 4.99 Å². The summed E-state index contributed by atoms with van der Waals surface area (Å²) >= 11 is 0. The minimum atomic E-state index is -0.606. The highest BCUT2D eigenvalue weighted by Gasteiger charge is 2.53. The number of benzene rings is 6. The molecule has 2 heteroatoms. The van der Waals surface area contributed by atoms with Crippen molar-refractivity contribution < 1.29 is 0 Å².